The zero-order chi connectivity index (χ0) is 15.6. The monoisotopic (exact) mass is 291 g/mol. The van der Waals surface area contributed by atoms with E-state index in [2.05, 4.69) is 36.0 Å². The quantitative estimate of drug-likeness (QED) is 0.894. The molecule has 0 aromatic carbocycles. The van der Waals surface area contributed by atoms with Gasteiger partial charge < -0.3 is 15.1 Å². The fourth-order valence-electron chi connectivity index (χ4n) is 2.31. The first kappa shape index (κ1) is 15.5. The number of hydrogen-bond acceptors (Lipinski definition) is 5. The lowest BCUT2D eigenvalue weighted by molar-refractivity contribution is -0.129. The molecular weight excluding hydrogens is 266 g/mol. The smallest absolute Gasteiger partial charge is 0.219 e. The summed E-state index contributed by atoms with van der Waals surface area (Å²) >= 11 is 0. The van der Waals surface area contributed by atoms with E-state index in [1.807, 2.05) is 18.0 Å². The maximum Gasteiger partial charge on any atom is 0.219 e. The number of rotatable bonds is 2. The van der Waals surface area contributed by atoms with Crippen LogP contribution in [0.3, 0.4) is 0 Å². The minimum atomic E-state index is -0.0944. The lowest BCUT2D eigenvalue weighted by Crippen LogP contribution is -2.48. The van der Waals surface area contributed by atoms with Gasteiger partial charge in [0.05, 0.1) is 0 Å². The van der Waals surface area contributed by atoms with E-state index in [0.717, 1.165) is 43.6 Å². The minimum absolute atomic E-state index is 0.0944. The highest BCUT2D eigenvalue weighted by Crippen LogP contribution is 2.24. The Morgan fingerprint density at radius 3 is 2.29 bits per heavy atom. The molecule has 0 unspecified atom stereocenters. The molecule has 116 valence electrons. The molecule has 1 aromatic heterocycles. The van der Waals surface area contributed by atoms with E-state index in [0.29, 0.717) is 0 Å². The lowest BCUT2D eigenvalue weighted by Gasteiger charge is -2.35. The van der Waals surface area contributed by atoms with Crippen LogP contribution in [0.2, 0.25) is 0 Å². The Balaban J connectivity index is 2.22. The Kier molecular flexibility index (Phi) is 4.34. The van der Waals surface area contributed by atoms with Gasteiger partial charge in [-0.25, -0.2) is 9.97 Å². The van der Waals surface area contributed by atoms with E-state index in [1.54, 1.807) is 6.92 Å². The molecule has 0 spiro atoms. The highest BCUT2D eigenvalue weighted by Gasteiger charge is 2.23. The highest BCUT2D eigenvalue weighted by atomic mass is 16.2. The van der Waals surface area contributed by atoms with E-state index >= 15 is 0 Å². The number of nitrogens with zero attached hydrogens (tertiary/aromatic N) is 4. The summed E-state index contributed by atoms with van der Waals surface area (Å²) in [6.45, 7) is 11.1. The van der Waals surface area contributed by atoms with Crippen molar-refractivity contribution in [2.45, 2.75) is 33.1 Å². The molecule has 1 fully saturated rings. The summed E-state index contributed by atoms with van der Waals surface area (Å²) < 4.78 is 0. The van der Waals surface area contributed by atoms with Crippen molar-refractivity contribution in [2.24, 2.45) is 0 Å². The van der Waals surface area contributed by atoms with Crippen LogP contribution < -0.4 is 10.2 Å². The number of aromatic nitrogens is 2. The molecule has 0 atom stereocenters. The Morgan fingerprint density at radius 1 is 1.19 bits per heavy atom. The van der Waals surface area contributed by atoms with Gasteiger partial charge in [0, 0.05) is 51.6 Å². The van der Waals surface area contributed by atoms with Crippen molar-refractivity contribution in [3.05, 3.63) is 11.9 Å². The van der Waals surface area contributed by atoms with Gasteiger partial charge in [-0.2, -0.15) is 0 Å². The van der Waals surface area contributed by atoms with Crippen LogP contribution in [0.5, 0.6) is 0 Å². The van der Waals surface area contributed by atoms with Gasteiger partial charge in [-0.05, 0) is 0 Å². The number of anilines is 2. The molecule has 1 amide bonds. The summed E-state index contributed by atoms with van der Waals surface area (Å²) in [6, 6.07) is 1.97. The van der Waals surface area contributed by atoms with E-state index in [9.17, 15) is 4.79 Å². The fraction of sp³-hybridized carbons (Fsp3) is 0.667. The maximum absolute atomic E-state index is 11.4. The Labute approximate surface area is 126 Å². The normalized spacial score (nSPS) is 16.0. The van der Waals surface area contributed by atoms with E-state index in [1.165, 1.54) is 0 Å². The van der Waals surface area contributed by atoms with Crippen molar-refractivity contribution in [1.82, 2.24) is 14.9 Å². The van der Waals surface area contributed by atoms with Crippen molar-refractivity contribution in [1.29, 1.82) is 0 Å². The van der Waals surface area contributed by atoms with Gasteiger partial charge in [0.25, 0.3) is 0 Å². The molecule has 1 N–H and O–H groups in total. The Hall–Kier alpha value is -1.85. The van der Waals surface area contributed by atoms with Crippen LogP contribution in [0.25, 0.3) is 0 Å². The summed E-state index contributed by atoms with van der Waals surface area (Å²) in [5.74, 6) is 2.74. The molecule has 1 aliphatic heterocycles. The second-order valence-electron chi connectivity index (χ2n) is 6.43. The second kappa shape index (κ2) is 5.87. The molecule has 1 aromatic rings. The summed E-state index contributed by atoms with van der Waals surface area (Å²) in [4.78, 5) is 24.8. The first-order chi connectivity index (χ1) is 9.81. The van der Waals surface area contributed by atoms with E-state index in [-0.39, 0.29) is 11.3 Å². The molecule has 0 bridgehead atoms. The number of nitrogens with one attached hydrogen (secondary N) is 1. The number of amides is 1. The average molecular weight is 291 g/mol. The molecular formula is C15H25N5O. The summed E-state index contributed by atoms with van der Waals surface area (Å²) in [5.41, 5.74) is -0.0944. The van der Waals surface area contributed by atoms with Crippen molar-refractivity contribution in [3.8, 4) is 0 Å². The molecule has 6 heteroatoms. The van der Waals surface area contributed by atoms with E-state index < -0.39 is 0 Å². The van der Waals surface area contributed by atoms with Crippen LogP contribution in [-0.2, 0) is 10.2 Å². The highest BCUT2D eigenvalue weighted by molar-refractivity contribution is 5.73. The third-order valence-corrected chi connectivity index (χ3v) is 3.69. The molecule has 2 heterocycles. The predicted octanol–water partition coefficient (Wildman–Crippen LogP) is 1.48. The molecule has 6 nitrogen and oxygen atoms in total. The second-order valence-corrected chi connectivity index (χ2v) is 6.43. The topological polar surface area (TPSA) is 61.4 Å². The van der Waals surface area contributed by atoms with Crippen molar-refractivity contribution < 1.29 is 4.79 Å². The Bertz CT molecular complexity index is 515. The van der Waals surface area contributed by atoms with Gasteiger partial charge in [-0.15, -0.1) is 0 Å². The van der Waals surface area contributed by atoms with Crippen LogP contribution in [0.1, 0.15) is 33.5 Å². The zero-order valence-electron chi connectivity index (χ0n) is 13.6. The van der Waals surface area contributed by atoms with Crippen LogP contribution in [0, 0.1) is 0 Å². The Morgan fingerprint density at radius 2 is 1.81 bits per heavy atom. The van der Waals surface area contributed by atoms with Crippen LogP contribution in [0.4, 0.5) is 11.6 Å². The molecule has 0 radical (unpaired) electrons. The number of carbonyl (C=O) groups is 1. The van der Waals surface area contributed by atoms with Gasteiger partial charge in [-0.1, -0.05) is 20.8 Å². The maximum atomic E-state index is 11.4. The number of carbonyl (C=O) groups excluding carboxylic acids is 1. The van der Waals surface area contributed by atoms with Gasteiger partial charge in [0.2, 0.25) is 5.91 Å². The zero-order valence-corrected chi connectivity index (χ0v) is 13.6. The number of piperazine rings is 1. The molecule has 0 saturated carbocycles. The summed E-state index contributed by atoms with van der Waals surface area (Å²) in [7, 11) is 1.87. The van der Waals surface area contributed by atoms with Crippen LogP contribution in [-0.4, -0.2) is 54.0 Å². The van der Waals surface area contributed by atoms with Gasteiger partial charge in [0.1, 0.15) is 17.5 Å². The third-order valence-electron chi connectivity index (χ3n) is 3.69. The molecule has 1 saturated heterocycles. The fourth-order valence-corrected chi connectivity index (χ4v) is 2.31. The standard InChI is InChI=1S/C15H25N5O/c1-11(21)19-6-8-20(9-7-19)13-10-12(16-5)17-14(18-13)15(2,3)4/h10H,6-9H2,1-5H3,(H,16,17,18). The first-order valence-corrected chi connectivity index (χ1v) is 7.39. The average Bonchev–Trinajstić information content (AvgIpc) is 2.46. The SMILES string of the molecule is CNc1cc(N2CCN(C(C)=O)CC2)nc(C(C)(C)C)n1. The number of hydrogen-bond donors (Lipinski definition) is 1. The third kappa shape index (κ3) is 3.62. The summed E-state index contributed by atoms with van der Waals surface area (Å²) in [5, 5.41) is 3.10. The van der Waals surface area contributed by atoms with Gasteiger partial charge >= 0.3 is 0 Å². The largest absolute Gasteiger partial charge is 0.373 e. The van der Waals surface area contributed by atoms with Crippen molar-refractivity contribution >= 4 is 17.5 Å². The lowest BCUT2D eigenvalue weighted by atomic mass is 9.96. The first-order valence-electron chi connectivity index (χ1n) is 7.39. The van der Waals surface area contributed by atoms with Gasteiger partial charge in [-0.3, -0.25) is 4.79 Å². The summed E-state index contributed by atoms with van der Waals surface area (Å²) in [6.07, 6.45) is 0. The van der Waals surface area contributed by atoms with Crippen molar-refractivity contribution in [2.75, 3.05) is 43.4 Å². The van der Waals surface area contributed by atoms with Crippen LogP contribution in [0.15, 0.2) is 6.07 Å². The van der Waals surface area contributed by atoms with Gasteiger partial charge in [0.15, 0.2) is 0 Å². The molecule has 0 aliphatic carbocycles. The minimum Gasteiger partial charge on any atom is -0.373 e. The molecule has 1 aliphatic rings. The van der Waals surface area contributed by atoms with E-state index in [4.69, 9.17) is 4.98 Å². The predicted molar refractivity (Wildman–Crippen MR) is 84.7 cm³/mol. The molecule has 21 heavy (non-hydrogen) atoms. The molecule has 2 rings (SSSR count). The van der Waals surface area contributed by atoms with Crippen molar-refractivity contribution in [3.63, 3.8) is 0 Å². The van der Waals surface area contributed by atoms with Crippen LogP contribution >= 0.6 is 0 Å².